The minimum atomic E-state index is 0.219. The van der Waals surface area contributed by atoms with Gasteiger partial charge in [0, 0.05) is 18.6 Å². The fourth-order valence-corrected chi connectivity index (χ4v) is 2.29. The van der Waals surface area contributed by atoms with Crippen LogP contribution < -0.4 is 0 Å². The largest absolute Gasteiger partial charge is 0.507 e. The molecule has 0 radical (unpaired) electrons. The van der Waals surface area contributed by atoms with Crippen LogP contribution in [0.5, 0.6) is 5.75 Å². The van der Waals surface area contributed by atoms with Crippen molar-refractivity contribution in [1.82, 2.24) is 14.4 Å². The van der Waals surface area contributed by atoms with Crippen LogP contribution in [0.4, 0.5) is 0 Å². The van der Waals surface area contributed by atoms with Crippen LogP contribution in [0.2, 0.25) is 0 Å². The Morgan fingerprint density at radius 1 is 1.18 bits per heavy atom. The highest BCUT2D eigenvalue weighted by atomic mass is 127. The van der Waals surface area contributed by atoms with Gasteiger partial charge in [0.25, 0.3) is 0 Å². The monoisotopic (exact) mass is 337 g/mol. The first-order valence-electron chi connectivity index (χ1n) is 5.03. The van der Waals surface area contributed by atoms with Crippen molar-refractivity contribution in [2.24, 2.45) is 0 Å². The first-order valence-corrected chi connectivity index (χ1v) is 6.11. The third kappa shape index (κ3) is 1.66. The number of fused-ring (bicyclic) bond motifs is 1. The van der Waals surface area contributed by atoms with Gasteiger partial charge < -0.3 is 5.11 Å². The van der Waals surface area contributed by atoms with E-state index in [1.54, 1.807) is 24.5 Å². The molecule has 2 aromatic heterocycles. The number of nitrogens with zero attached hydrogens (tertiary/aromatic N) is 3. The Kier molecular flexibility index (Phi) is 2.47. The summed E-state index contributed by atoms with van der Waals surface area (Å²) in [7, 11) is 0. The fraction of sp³-hybridized carbons (Fsp3) is 0. The summed E-state index contributed by atoms with van der Waals surface area (Å²) in [5.41, 5.74) is 1.55. The summed E-state index contributed by atoms with van der Waals surface area (Å²) in [6.45, 7) is 0. The van der Waals surface area contributed by atoms with E-state index in [-0.39, 0.29) is 5.75 Å². The second kappa shape index (κ2) is 3.99. The molecule has 0 amide bonds. The molecule has 0 spiro atoms. The van der Waals surface area contributed by atoms with Gasteiger partial charge >= 0.3 is 0 Å². The highest BCUT2D eigenvalue weighted by Crippen LogP contribution is 2.28. The summed E-state index contributed by atoms with van der Waals surface area (Å²) >= 11 is 2.19. The number of para-hydroxylation sites is 1. The quantitative estimate of drug-likeness (QED) is 0.695. The van der Waals surface area contributed by atoms with Gasteiger partial charge in [-0.05, 0) is 34.7 Å². The number of aromatic nitrogens is 3. The van der Waals surface area contributed by atoms with Crippen LogP contribution in [-0.4, -0.2) is 19.5 Å². The zero-order valence-corrected chi connectivity index (χ0v) is 10.9. The number of phenols is 1. The van der Waals surface area contributed by atoms with Crippen molar-refractivity contribution in [3.63, 3.8) is 0 Å². The minimum absolute atomic E-state index is 0.219. The molecule has 5 heteroatoms. The molecule has 0 saturated carbocycles. The molecule has 0 fully saturated rings. The fourth-order valence-electron chi connectivity index (χ4n) is 1.75. The van der Waals surface area contributed by atoms with E-state index >= 15 is 0 Å². The summed E-state index contributed by atoms with van der Waals surface area (Å²) in [5, 5.41) is 9.85. The molecule has 3 aromatic rings. The Labute approximate surface area is 111 Å². The number of rotatable bonds is 1. The van der Waals surface area contributed by atoms with Crippen LogP contribution in [0.1, 0.15) is 0 Å². The molecule has 0 saturated heterocycles. The molecular weight excluding hydrogens is 329 g/mol. The van der Waals surface area contributed by atoms with Gasteiger partial charge in [-0.25, -0.2) is 9.97 Å². The van der Waals surface area contributed by atoms with Gasteiger partial charge in [0.05, 0.1) is 9.13 Å². The first-order chi connectivity index (χ1) is 8.27. The average molecular weight is 337 g/mol. The predicted octanol–water partition coefficient (Wildman–Crippen LogP) is 2.71. The number of hydrogen-bond donors (Lipinski definition) is 1. The average Bonchev–Trinajstić information content (AvgIpc) is 2.81. The second-order valence-corrected chi connectivity index (χ2v) is 4.73. The van der Waals surface area contributed by atoms with Gasteiger partial charge in [0.15, 0.2) is 5.65 Å². The molecule has 0 aliphatic rings. The lowest BCUT2D eigenvalue weighted by molar-refractivity contribution is 0.477. The van der Waals surface area contributed by atoms with E-state index in [1.807, 2.05) is 22.7 Å². The SMILES string of the molecule is Oc1ccccc1-c1ncc(I)c2nccn12. The standard InChI is InChI=1S/C12H8IN3O/c13-9-7-15-11(16-6-5-14-12(9)16)8-3-1-2-4-10(8)17/h1-7,17H. The summed E-state index contributed by atoms with van der Waals surface area (Å²) < 4.78 is 2.85. The molecule has 0 bridgehead atoms. The lowest BCUT2D eigenvalue weighted by atomic mass is 10.2. The van der Waals surface area contributed by atoms with E-state index in [0.29, 0.717) is 11.4 Å². The van der Waals surface area contributed by atoms with Crippen LogP contribution in [-0.2, 0) is 0 Å². The van der Waals surface area contributed by atoms with Crippen LogP contribution in [0.3, 0.4) is 0 Å². The van der Waals surface area contributed by atoms with Gasteiger partial charge in [-0.15, -0.1) is 0 Å². The van der Waals surface area contributed by atoms with Crippen LogP contribution >= 0.6 is 22.6 Å². The molecule has 4 nitrogen and oxygen atoms in total. The molecule has 2 heterocycles. The number of halogens is 1. The minimum Gasteiger partial charge on any atom is -0.507 e. The first kappa shape index (κ1) is 10.5. The predicted molar refractivity (Wildman–Crippen MR) is 72.8 cm³/mol. The molecule has 1 N–H and O–H groups in total. The topological polar surface area (TPSA) is 50.4 Å². The van der Waals surface area contributed by atoms with Gasteiger partial charge in [0.1, 0.15) is 11.6 Å². The number of benzene rings is 1. The number of imidazole rings is 1. The maximum atomic E-state index is 9.85. The summed E-state index contributed by atoms with van der Waals surface area (Å²) in [4.78, 5) is 8.63. The van der Waals surface area contributed by atoms with Crippen molar-refractivity contribution in [2.75, 3.05) is 0 Å². The number of phenolic OH excluding ortho intramolecular Hbond substituents is 1. The molecule has 0 atom stereocenters. The molecule has 1 aromatic carbocycles. The van der Waals surface area contributed by atoms with Gasteiger partial charge in [-0.1, -0.05) is 12.1 Å². The van der Waals surface area contributed by atoms with E-state index in [1.165, 1.54) is 0 Å². The Hall–Kier alpha value is -1.63. The highest BCUT2D eigenvalue weighted by molar-refractivity contribution is 14.1. The maximum Gasteiger partial charge on any atom is 0.153 e. The van der Waals surface area contributed by atoms with Crippen molar-refractivity contribution >= 4 is 28.2 Å². The molecule has 84 valence electrons. The molecule has 0 aliphatic heterocycles. The van der Waals surface area contributed by atoms with Crippen LogP contribution in [0.15, 0.2) is 42.9 Å². The second-order valence-electron chi connectivity index (χ2n) is 3.57. The number of aromatic hydroxyl groups is 1. The molecule has 17 heavy (non-hydrogen) atoms. The van der Waals surface area contributed by atoms with E-state index in [9.17, 15) is 5.11 Å². The van der Waals surface area contributed by atoms with E-state index in [0.717, 1.165) is 9.22 Å². The van der Waals surface area contributed by atoms with E-state index < -0.39 is 0 Å². The van der Waals surface area contributed by atoms with Crippen molar-refractivity contribution in [1.29, 1.82) is 0 Å². The lowest BCUT2D eigenvalue weighted by Crippen LogP contribution is -1.97. The Morgan fingerprint density at radius 2 is 2.00 bits per heavy atom. The van der Waals surface area contributed by atoms with E-state index in [2.05, 4.69) is 32.6 Å². The zero-order chi connectivity index (χ0) is 11.8. The summed E-state index contributed by atoms with van der Waals surface area (Å²) in [6, 6.07) is 7.15. The van der Waals surface area contributed by atoms with Gasteiger partial charge in [-0.2, -0.15) is 0 Å². The van der Waals surface area contributed by atoms with Crippen molar-refractivity contribution in [3.05, 3.63) is 46.4 Å². The van der Waals surface area contributed by atoms with Crippen LogP contribution in [0.25, 0.3) is 17.0 Å². The van der Waals surface area contributed by atoms with Crippen LogP contribution in [0, 0.1) is 3.57 Å². The zero-order valence-electron chi connectivity index (χ0n) is 8.71. The number of hydrogen-bond acceptors (Lipinski definition) is 3. The van der Waals surface area contributed by atoms with Crippen molar-refractivity contribution in [2.45, 2.75) is 0 Å². The third-order valence-corrected chi connectivity index (χ3v) is 3.29. The highest BCUT2D eigenvalue weighted by Gasteiger charge is 2.11. The molecule has 0 aliphatic carbocycles. The summed E-state index contributed by atoms with van der Waals surface area (Å²) in [6.07, 6.45) is 5.32. The van der Waals surface area contributed by atoms with E-state index in [4.69, 9.17) is 0 Å². The summed E-state index contributed by atoms with van der Waals surface area (Å²) in [5.74, 6) is 0.909. The van der Waals surface area contributed by atoms with Crippen molar-refractivity contribution in [3.8, 4) is 17.1 Å². The van der Waals surface area contributed by atoms with Gasteiger partial charge in [0.2, 0.25) is 0 Å². The normalized spacial score (nSPS) is 10.9. The third-order valence-electron chi connectivity index (χ3n) is 2.53. The molecular formula is C12H8IN3O. The smallest absolute Gasteiger partial charge is 0.153 e. The Morgan fingerprint density at radius 3 is 2.82 bits per heavy atom. The lowest BCUT2D eigenvalue weighted by Gasteiger charge is -2.07. The molecule has 3 rings (SSSR count). The molecule has 0 unspecified atom stereocenters. The Balaban J connectivity index is 2.35. The Bertz CT molecular complexity index is 693. The van der Waals surface area contributed by atoms with Gasteiger partial charge in [-0.3, -0.25) is 4.40 Å². The maximum absolute atomic E-state index is 9.85. The van der Waals surface area contributed by atoms with Crippen molar-refractivity contribution < 1.29 is 5.11 Å².